The minimum atomic E-state index is -3.04. The van der Waals surface area contributed by atoms with Gasteiger partial charge in [-0.1, -0.05) is 0 Å². The van der Waals surface area contributed by atoms with E-state index < -0.39 is 18.6 Å². The monoisotopic (exact) mass is 186 g/mol. The molecule has 0 aliphatic carbocycles. The summed E-state index contributed by atoms with van der Waals surface area (Å²) in [6.45, 7) is 0. The van der Waals surface area contributed by atoms with Gasteiger partial charge >= 0.3 is 0 Å². The summed E-state index contributed by atoms with van der Waals surface area (Å²) in [6, 6.07) is 0. The number of allylic oxidation sites excluding steroid dienone is 1. The lowest BCUT2D eigenvalue weighted by molar-refractivity contribution is 0.196. The van der Waals surface area contributed by atoms with Gasteiger partial charge in [0.2, 0.25) is 0 Å². The highest BCUT2D eigenvalue weighted by atomic mass is 35.5. The van der Waals surface area contributed by atoms with Gasteiger partial charge < -0.3 is 0 Å². The van der Waals surface area contributed by atoms with E-state index in [4.69, 9.17) is 0 Å². The fourth-order valence-electron chi connectivity index (χ4n) is 0.0952. The van der Waals surface area contributed by atoms with E-state index in [0.717, 1.165) is 0 Å². The summed E-state index contributed by atoms with van der Waals surface area (Å²) in [5.74, 6) is 0. The molecule has 0 aromatic carbocycles. The van der Waals surface area contributed by atoms with Crippen LogP contribution in [-0.2, 0) is 0 Å². The molecular formula is C3H4Cl2F4. The molecule has 0 fully saturated rings. The van der Waals surface area contributed by atoms with Gasteiger partial charge in [0.05, 0.1) is 0 Å². The normalized spacial score (nSPS) is 7.22. The molecule has 0 spiro atoms. The van der Waals surface area contributed by atoms with Crippen molar-refractivity contribution in [1.29, 1.82) is 0 Å². The molecule has 0 radical (unpaired) electrons. The molecular weight excluding hydrogens is 183 g/mol. The molecule has 0 unspecified atom stereocenters. The lowest BCUT2D eigenvalue weighted by atomic mass is 10.7. The van der Waals surface area contributed by atoms with Gasteiger partial charge in [-0.05, 0) is 0 Å². The zero-order valence-corrected chi connectivity index (χ0v) is 5.62. The van der Waals surface area contributed by atoms with E-state index in [1.165, 1.54) is 0 Å². The van der Waals surface area contributed by atoms with Crippen LogP contribution in [0.15, 0.2) is 12.2 Å². The third kappa shape index (κ3) is 18.0. The second-order valence-electron chi connectivity index (χ2n) is 0.791. The minimum absolute atomic E-state index is 0. The first kappa shape index (κ1) is 16.0. The zero-order chi connectivity index (χ0) is 5.86. The number of alkyl halides is 2. The third-order valence-corrected chi connectivity index (χ3v) is 0.252. The Morgan fingerprint density at radius 2 is 1.44 bits per heavy atom. The molecule has 0 amide bonds. The topological polar surface area (TPSA) is 0 Å². The molecule has 0 nitrogen and oxygen atoms in total. The van der Waals surface area contributed by atoms with Crippen LogP contribution in [0, 0.1) is 0 Å². The van der Waals surface area contributed by atoms with E-state index in [9.17, 15) is 17.6 Å². The van der Waals surface area contributed by atoms with Crippen molar-refractivity contribution in [2.24, 2.45) is 0 Å². The van der Waals surface area contributed by atoms with Crippen molar-refractivity contribution in [3.63, 3.8) is 0 Å². The Bertz CT molecular complexity index is 77.9. The molecule has 0 bridgehead atoms. The zero-order valence-electron chi connectivity index (χ0n) is 3.98. The molecule has 0 saturated heterocycles. The first-order valence-corrected chi connectivity index (χ1v) is 1.44. The Morgan fingerprint density at radius 1 is 1.11 bits per heavy atom. The van der Waals surface area contributed by atoms with Crippen LogP contribution in [-0.4, -0.2) is 6.43 Å². The summed E-state index contributed by atoms with van der Waals surface area (Å²) in [5.41, 5.74) is 0. The summed E-state index contributed by atoms with van der Waals surface area (Å²) < 4.78 is 42.8. The molecule has 0 aromatic rings. The lowest BCUT2D eigenvalue weighted by Crippen LogP contribution is -1.79. The molecule has 6 heteroatoms. The molecule has 0 heterocycles. The van der Waals surface area contributed by atoms with Gasteiger partial charge in [0.15, 0.2) is 0 Å². The van der Waals surface area contributed by atoms with Crippen LogP contribution in [0.2, 0.25) is 0 Å². The van der Waals surface area contributed by atoms with Crippen molar-refractivity contribution in [3.05, 3.63) is 12.2 Å². The van der Waals surface area contributed by atoms with Gasteiger partial charge in [-0.15, -0.1) is 24.8 Å². The van der Waals surface area contributed by atoms with E-state index in [-0.39, 0.29) is 24.8 Å². The Kier molecular flexibility index (Phi) is 14.3. The maximum absolute atomic E-state index is 10.7. The first-order valence-electron chi connectivity index (χ1n) is 1.44. The molecule has 0 N–H and O–H groups in total. The number of halogens is 6. The standard InChI is InChI=1S/C3H2F4.2ClH/c4-2(5)1-3(6)7;;/h1-2H;2*1H. The number of hydrogen-bond donors (Lipinski definition) is 0. The van der Waals surface area contributed by atoms with E-state index in [2.05, 4.69) is 0 Å². The predicted octanol–water partition coefficient (Wildman–Crippen LogP) is 2.88. The van der Waals surface area contributed by atoms with Crippen molar-refractivity contribution in [3.8, 4) is 0 Å². The van der Waals surface area contributed by atoms with Crippen LogP contribution in [0.5, 0.6) is 0 Å². The average Bonchev–Trinajstić information content (AvgIpc) is 1.27. The third-order valence-electron chi connectivity index (χ3n) is 0.252. The summed E-state index contributed by atoms with van der Waals surface area (Å²) in [4.78, 5) is 0. The summed E-state index contributed by atoms with van der Waals surface area (Å²) in [5, 5.41) is 0. The predicted molar refractivity (Wildman–Crippen MR) is 30.8 cm³/mol. The van der Waals surface area contributed by atoms with E-state index in [1.54, 1.807) is 0 Å². The van der Waals surface area contributed by atoms with Crippen LogP contribution in [0.3, 0.4) is 0 Å². The highest BCUT2D eigenvalue weighted by Crippen LogP contribution is 2.02. The van der Waals surface area contributed by atoms with Crippen LogP contribution in [0.25, 0.3) is 0 Å². The maximum atomic E-state index is 10.7. The van der Waals surface area contributed by atoms with Crippen molar-refractivity contribution >= 4 is 24.8 Å². The minimum Gasteiger partial charge on any atom is -0.205 e. The largest absolute Gasteiger partial charge is 0.271 e. The lowest BCUT2D eigenvalue weighted by Gasteiger charge is -1.80. The molecule has 0 aliphatic rings. The van der Waals surface area contributed by atoms with Crippen molar-refractivity contribution in [2.45, 2.75) is 6.43 Å². The summed E-state index contributed by atoms with van der Waals surface area (Å²) in [6.07, 6.45) is -5.79. The first-order chi connectivity index (χ1) is 3.13. The maximum Gasteiger partial charge on any atom is 0.271 e. The molecule has 0 aromatic heterocycles. The average molecular weight is 187 g/mol. The molecule has 58 valence electrons. The van der Waals surface area contributed by atoms with Crippen LogP contribution < -0.4 is 0 Å². The second kappa shape index (κ2) is 8.04. The summed E-state index contributed by atoms with van der Waals surface area (Å²) >= 11 is 0. The fourth-order valence-corrected chi connectivity index (χ4v) is 0.0952. The molecule has 9 heavy (non-hydrogen) atoms. The van der Waals surface area contributed by atoms with E-state index in [0.29, 0.717) is 0 Å². The molecule has 0 rings (SSSR count). The Hall–Kier alpha value is 0.0400. The van der Waals surface area contributed by atoms with Gasteiger partial charge in [0.25, 0.3) is 12.5 Å². The molecule has 0 aliphatic heterocycles. The quantitative estimate of drug-likeness (QED) is 0.553. The Balaban J connectivity index is -0.000000180. The van der Waals surface area contributed by atoms with Crippen LogP contribution >= 0.6 is 24.8 Å². The number of rotatable bonds is 1. The molecule has 0 saturated carbocycles. The van der Waals surface area contributed by atoms with E-state index in [1.807, 2.05) is 0 Å². The van der Waals surface area contributed by atoms with Gasteiger partial charge in [0, 0.05) is 6.08 Å². The smallest absolute Gasteiger partial charge is 0.205 e. The second-order valence-corrected chi connectivity index (χ2v) is 0.791. The molecule has 0 atom stereocenters. The highest BCUT2D eigenvalue weighted by molar-refractivity contribution is 5.85. The highest BCUT2D eigenvalue weighted by Gasteiger charge is 1.97. The summed E-state index contributed by atoms with van der Waals surface area (Å²) in [7, 11) is 0. The number of hydrogen-bond acceptors (Lipinski definition) is 0. The van der Waals surface area contributed by atoms with Gasteiger partial charge in [-0.25, -0.2) is 8.78 Å². The van der Waals surface area contributed by atoms with E-state index >= 15 is 0 Å². The van der Waals surface area contributed by atoms with Gasteiger partial charge in [-0.2, -0.15) is 8.78 Å². The Morgan fingerprint density at radius 3 is 1.44 bits per heavy atom. The van der Waals surface area contributed by atoms with Crippen molar-refractivity contribution in [1.82, 2.24) is 0 Å². The van der Waals surface area contributed by atoms with Crippen LogP contribution in [0.1, 0.15) is 0 Å². The fraction of sp³-hybridized carbons (Fsp3) is 0.333. The Labute approximate surface area is 61.7 Å². The van der Waals surface area contributed by atoms with Crippen molar-refractivity contribution in [2.75, 3.05) is 0 Å². The van der Waals surface area contributed by atoms with Crippen LogP contribution in [0.4, 0.5) is 17.6 Å². The SMILES string of the molecule is Cl.Cl.FC(F)=CC(F)F. The van der Waals surface area contributed by atoms with Crippen molar-refractivity contribution < 1.29 is 17.6 Å². The van der Waals surface area contributed by atoms with Gasteiger partial charge in [-0.3, -0.25) is 0 Å². The van der Waals surface area contributed by atoms with Gasteiger partial charge in [0.1, 0.15) is 0 Å².